The molecule has 2 aromatic carbocycles. The second-order valence-electron chi connectivity index (χ2n) is 7.84. The van der Waals surface area contributed by atoms with Crippen LogP contribution in [0.3, 0.4) is 0 Å². The summed E-state index contributed by atoms with van der Waals surface area (Å²) in [4.78, 5) is 28.6. The Labute approximate surface area is 198 Å². The number of benzene rings is 2. The van der Waals surface area contributed by atoms with Gasteiger partial charge in [-0.05, 0) is 30.3 Å². The number of hydrogen-bond donors (Lipinski definition) is 1. The summed E-state index contributed by atoms with van der Waals surface area (Å²) in [6.45, 7) is 2.45. The van der Waals surface area contributed by atoms with Crippen molar-refractivity contribution in [2.24, 2.45) is 0 Å². The molecule has 1 saturated heterocycles. The quantitative estimate of drug-likeness (QED) is 0.636. The first-order chi connectivity index (χ1) is 15.6. The molecule has 33 heavy (non-hydrogen) atoms. The summed E-state index contributed by atoms with van der Waals surface area (Å²) < 4.78 is 39.6. The van der Waals surface area contributed by atoms with Crippen LogP contribution in [0, 0.1) is 5.82 Å². The number of amides is 2. The zero-order valence-electron chi connectivity index (χ0n) is 18.4. The normalized spacial score (nSPS) is 15.0. The van der Waals surface area contributed by atoms with Crippen molar-refractivity contribution in [2.75, 3.05) is 52.1 Å². The number of sulfonamides is 1. The van der Waals surface area contributed by atoms with Crippen LogP contribution in [0.1, 0.15) is 16.8 Å². The SMILES string of the molecule is CN(C)S(=O)(=O)c1ccc(Cl)c(NC(=O)CCN2CCN(C(=O)c3ccccc3F)CC2)c1. The number of carbonyl (C=O) groups is 2. The van der Waals surface area contributed by atoms with Crippen molar-refractivity contribution in [3.63, 3.8) is 0 Å². The number of halogens is 2. The van der Waals surface area contributed by atoms with Gasteiger partial charge in [0.05, 0.1) is 21.2 Å². The van der Waals surface area contributed by atoms with Gasteiger partial charge in [0.25, 0.3) is 5.91 Å². The Balaban J connectivity index is 1.51. The van der Waals surface area contributed by atoms with Crippen molar-refractivity contribution >= 4 is 39.1 Å². The number of nitrogens with zero attached hydrogens (tertiary/aromatic N) is 3. The number of piperazine rings is 1. The van der Waals surface area contributed by atoms with Crippen LogP contribution in [0.5, 0.6) is 0 Å². The van der Waals surface area contributed by atoms with Crippen molar-refractivity contribution in [2.45, 2.75) is 11.3 Å². The van der Waals surface area contributed by atoms with Crippen LogP contribution in [0.15, 0.2) is 47.4 Å². The molecule has 2 aromatic rings. The molecule has 8 nitrogen and oxygen atoms in total. The summed E-state index contributed by atoms with van der Waals surface area (Å²) >= 11 is 6.13. The molecular weight excluding hydrogens is 471 g/mol. The fraction of sp³-hybridized carbons (Fsp3) is 0.364. The van der Waals surface area contributed by atoms with Gasteiger partial charge in [0.1, 0.15) is 5.82 Å². The fourth-order valence-electron chi connectivity index (χ4n) is 3.42. The molecule has 0 aliphatic carbocycles. The highest BCUT2D eigenvalue weighted by atomic mass is 35.5. The van der Waals surface area contributed by atoms with Crippen LogP contribution in [0.25, 0.3) is 0 Å². The third-order valence-corrected chi connectivity index (χ3v) is 7.55. The van der Waals surface area contributed by atoms with Gasteiger partial charge in [-0.15, -0.1) is 0 Å². The van der Waals surface area contributed by atoms with Crippen LogP contribution >= 0.6 is 11.6 Å². The molecule has 1 heterocycles. The Morgan fingerprint density at radius 1 is 1.09 bits per heavy atom. The average molecular weight is 497 g/mol. The van der Waals surface area contributed by atoms with Crippen molar-refractivity contribution in [3.8, 4) is 0 Å². The first kappa shape index (κ1) is 25.1. The molecular formula is C22H26ClFN4O4S. The van der Waals surface area contributed by atoms with E-state index in [1.54, 1.807) is 17.0 Å². The van der Waals surface area contributed by atoms with E-state index < -0.39 is 15.8 Å². The predicted octanol–water partition coefficient (Wildman–Crippen LogP) is 2.52. The van der Waals surface area contributed by atoms with Crippen LogP contribution < -0.4 is 5.32 Å². The van der Waals surface area contributed by atoms with Crippen LogP contribution in [-0.2, 0) is 14.8 Å². The fourth-order valence-corrected chi connectivity index (χ4v) is 4.52. The van der Waals surface area contributed by atoms with Gasteiger partial charge < -0.3 is 10.2 Å². The van der Waals surface area contributed by atoms with E-state index in [9.17, 15) is 22.4 Å². The summed E-state index contributed by atoms with van der Waals surface area (Å²) in [6, 6.07) is 10.1. The van der Waals surface area contributed by atoms with E-state index in [1.165, 1.54) is 44.4 Å². The number of carbonyl (C=O) groups excluding carboxylic acids is 2. The highest BCUT2D eigenvalue weighted by Gasteiger charge is 2.24. The molecule has 178 valence electrons. The summed E-state index contributed by atoms with van der Waals surface area (Å²) in [7, 11) is -0.812. The molecule has 0 unspecified atom stereocenters. The Morgan fingerprint density at radius 2 is 1.76 bits per heavy atom. The maximum absolute atomic E-state index is 13.9. The molecule has 3 rings (SSSR count). The maximum atomic E-state index is 13.9. The molecule has 1 aliphatic rings. The van der Waals surface area contributed by atoms with E-state index in [0.717, 1.165) is 4.31 Å². The van der Waals surface area contributed by atoms with E-state index in [4.69, 9.17) is 11.6 Å². The minimum absolute atomic E-state index is 0.0304. The van der Waals surface area contributed by atoms with Gasteiger partial charge in [-0.1, -0.05) is 23.7 Å². The van der Waals surface area contributed by atoms with E-state index in [-0.39, 0.29) is 39.4 Å². The van der Waals surface area contributed by atoms with Crippen molar-refractivity contribution < 1.29 is 22.4 Å². The van der Waals surface area contributed by atoms with Gasteiger partial charge in [-0.2, -0.15) is 0 Å². The minimum atomic E-state index is -3.66. The molecule has 0 radical (unpaired) electrons. The van der Waals surface area contributed by atoms with E-state index in [0.29, 0.717) is 32.7 Å². The molecule has 1 N–H and O–H groups in total. The molecule has 1 fully saturated rings. The van der Waals surface area contributed by atoms with E-state index >= 15 is 0 Å². The van der Waals surface area contributed by atoms with Crippen LogP contribution in [0.2, 0.25) is 5.02 Å². The minimum Gasteiger partial charge on any atom is -0.336 e. The predicted molar refractivity (Wildman–Crippen MR) is 124 cm³/mol. The molecule has 0 aromatic heterocycles. The van der Waals surface area contributed by atoms with Crippen molar-refractivity contribution in [1.82, 2.24) is 14.1 Å². The van der Waals surface area contributed by atoms with Crippen LogP contribution in [-0.4, -0.2) is 81.2 Å². The van der Waals surface area contributed by atoms with Gasteiger partial charge in [0.2, 0.25) is 15.9 Å². The zero-order valence-corrected chi connectivity index (χ0v) is 20.0. The lowest BCUT2D eigenvalue weighted by molar-refractivity contribution is -0.116. The summed E-state index contributed by atoms with van der Waals surface area (Å²) in [5, 5.41) is 2.91. The largest absolute Gasteiger partial charge is 0.336 e. The average Bonchev–Trinajstić information content (AvgIpc) is 2.79. The lowest BCUT2D eigenvalue weighted by Gasteiger charge is -2.34. The Bertz CT molecular complexity index is 1130. The van der Waals surface area contributed by atoms with E-state index in [1.807, 2.05) is 4.90 Å². The second kappa shape index (κ2) is 10.6. The summed E-state index contributed by atoms with van der Waals surface area (Å²) in [6.07, 6.45) is 0.169. The summed E-state index contributed by atoms with van der Waals surface area (Å²) in [5.74, 6) is -1.18. The monoisotopic (exact) mass is 496 g/mol. The topological polar surface area (TPSA) is 90.0 Å². The van der Waals surface area contributed by atoms with Crippen LogP contribution in [0.4, 0.5) is 10.1 Å². The highest BCUT2D eigenvalue weighted by Crippen LogP contribution is 2.26. The molecule has 0 spiro atoms. The Kier molecular flexibility index (Phi) is 8.06. The van der Waals surface area contributed by atoms with Gasteiger partial charge in [0.15, 0.2) is 0 Å². The lowest BCUT2D eigenvalue weighted by Crippen LogP contribution is -2.49. The molecule has 0 bridgehead atoms. The van der Waals surface area contributed by atoms with Gasteiger partial charge in [-0.3, -0.25) is 14.5 Å². The molecule has 1 aliphatic heterocycles. The Hall–Kier alpha value is -2.53. The van der Waals surface area contributed by atoms with Crippen molar-refractivity contribution in [1.29, 1.82) is 0 Å². The second-order valence-corrected chi connectivity index (χ2v) is 10.4. The standard InChI is InChI=1S/C22H26ClFN4O4S/c1-26(2)33(31,32)16-7-8-18(23)20(15-16)25-21(29)9-10-27-11-13-28(14-12-27)22(30)17-5-3-4-6-19(17)24/h3-8,15H,9-14H2,1-2H3,(H,25,29). The molecule has 0 saturated carbocycles. The third kappa shape index (κ3) is 6.08. The maximum Gasteiger partial charge on any atom is 0.256 e. The Morgan fingerprint density at radius 3 is 2.39 bits per heavy atom. The smallest absolute Gasteiger partial charge is 0.256 e. The lowest BCUT2D eigenvalue weighted by atomic mass is 10.1. The summed E-state index contributed by atoms with van der Waals surface area (Å²) in [5.41, 5.74) is 0.283. The number of anilines is 1. The van der Waals surface area contributed by atoms with Gasteiger partial charge >= 0.3 is 0 Å². The number of hydrogen-bond acceptors (Lipinski definition) is 5. The number of rotatable bonds is 7. The molecule has 0 atom stereocenters. The van der Waals surface area contributed by atoms with Gasteiger partial charge in [0, 0.05) is 53.2 Å². The van der Waals surface area contributed by atoms with Crippen molar-refractivity contribution in [3.05, 3.63) is 58.9 Å². The molecule has 11 heteroatoms. The zero-order chi connectivity index (χ0) is 24.2. The first-order valence-corrected chi connectivity index (χ1v) is 12.2. The van der Waals surface area contributed by atoms with Gasteiger partial charge in [-0.25, -0.2) is 17.1 Å². The third-order valence-electron chi connectivity index (χ3n) is 5.41. The van der Waals surface area contributed by atoms with E-state index in [2.05, 4.69) is 5.32 Å². The highest BCUT2D eigenvalue weighted by molar-refractivity contribution is 7.89. The number of nitrogens with one attached hydrogen (secondary N) is 1. The molecule has 2 amide bonds. The first-order valence-electron chi connectivity index (χ1n) is 10.4.